The Bertz CT molecular complexity index is 106. The van der Waals surface area contributed by atoms with Crippen molar-refractivity contribution in [2.75, 3.05) is 0 Å². The molecule has 3 nitrogen and oxygen atoms in total. The minimum absolute atomic E-state index is 0. The van der Waals surface area contributed by atoms with Gasteiger partial charge < -0.3 is 15.0 Å². The molecule has 0 aliphatic rings. The van der Waals surface area contributed by atoms with Crippen LogP contribution in [0.4, 0.5) is 0 Å². The Kier molecular flexibility index (Phi) is 6.69. The maximum atomic E-state index is 9.82. The van der Waals surface area contributed by atoms with Crippen LogP contribution < -0.4 is 34.7 Å². The molecule has 0 aliphatic heterocycles. The van der Waals surface area contributed by atoms with Gasteiger partial charge in [0.1, 0.15) is 0 Å². The summed E-state index contributed by atoms with van der Waals surface area (Å²) in [5, 5.41) is 18.8. The summed E-state index contributed by atoms with van der Waals surface area (Å²) in [6, 6.07) is 0. The summed E-state index contributed by atoms with van der Waals surface area (Å²) >= 11 is 0. The van der Waals surface area contributed by atoms with Crippen molar-refractivity contribution in [3.05, 3.63) is 0 Å². The Morgan fingerprint density at radius 1 is 1.60 bits per heavy atom. The van der Waals surface area contributed by atoms with Gasteiger partial charge in [0.2, 0.25) is 0 Å². The molecule has 0 amide bonds. The molecule has 0 atom stereocenters. The number of rotatable bonds is 3. The molecule has 0 radical (unpaired) electrons. The molecular formula is C6H11NaO3. The number of hydrogen-bond acceptors (Lipinski definition) is 3. The van der Waals surface area contributed by atoms with Crippen molar-refractivity contribution >= 4 is 5.97 Å². The first-order chi connectivity index (χ1) is 3.92. The standard InChI is InChI=1S/C6H12O3.Na/c1-6(2,9)4-3-5(7)8;/h9H,3-4H2,1-2H3,(H,7,8);/q;+1/p-1. The second-order valence-corrected chi connectivity index (χ2v) is 2.68. The molecule has 10 heavy (non-hydrogen) atoms. The van der Waals surface area contributed by atoms with E-state index < -0.39 is 11.6 Å². The fourth-order valence-electron chi connectivity index (χ4n) is 0.408. The molecule has 0 fully saturated rings. The predicted molar refractivity (Wildman–Crippen MR) is 30.5 cm³/mol. The minimum Gasteiger partial charge on any atom is -0.550 e. The van der Waals surface area contributed by atoms with Gasteiger partial charge in [0, 0.05) is 5.97 Å². The van der Waals surface area contributed by atoms with E-state index in [2.05, 4.69) is 0 Å². The number of carbonyl (C=O) groups is 1. The number of carboxylic acid groups (broad SMARTS) is 1. The van der Waals surface area contributed by atoms with Gasteiger partial charge in [-0.05, 0) is 26.7 Å². The van der Waals surface area contributed by atoms with Crippen LogP contribution in [-0.4, -0.2) is 16.7 Å². The van der Waals surface area contributed by atoms with Gasteiger partial charge >= 0.3 is 29.6 Å². The molecule has 54 valence electrons. The number of aliphatic carboxylic acids is 1. The molecule has 4 heteroatoms. The Morgan fingerprint density at radius 3 is 2.10 bits per heavy atom. The van der Waals surface area contributed by atoms with Crippen molar-refractivity contribution in [3.63, 3.8) is 0 Å². The van der Waals surface area contributed by atoms with Crippen molar-refractivity contribution < 1.29 is 44.6 Å². The zero-order valence-electron chi connectivity index (χ0n) is 6.68. The number of carboxylic acids is 1. The predicted octanol–water partition coefficient (Wildman–Crippen LogP) is -3.71. The molecule has 0 bridgehead atoms. The number of aliphatic hydroxyl groups is 1. The van der Waals surface area contributed by atoms with E-state index in [1.807, 2.05) is 0 Å². The van der Waals surface area contributed by atoms with E-state index >= 15 is 0 Å². The Morgan fingerprint density at radius 2 is 2.00 bits per heavy atom. The maximum Gasteiger partial charge on any atom is 1.00 e. The van der Waals surface area contributed by atoms with Crippen LogP contribution in [0, 0.1) is 0 Å². The second-order valence-electron chi connectivity index (χ2n) is 2.68. The summed E-state index contributed by atoms with van der Waals surface area (Å²) in [7, 11) is 0. The van der Waals surface area contributed by atoms with Crippen molar-refractivity contribution in [2.45, 2.75) is 32.3 Å². The normalized spacial score (nSPS) is 10.3. The van der Waals surface area contributed by atoms with Crippen LogP contribution in [0.25, 0.3) is 0 Å². The van der Waals surface area contributed by atoms with Crippen molar-refractivity contribution in [1.82, 2.24) is 0 Å². The molecule has 0 rings (SSSR count). The molecule has 0 aromatic rings. The van der Waals surface area contributed by atoms with Gasteiger partial charge in [-0.1, -0.05) is 0 Å². The Labute approximate surface area is 82.7 Å². The SMILES string of the molecule is CC(C)(O)CCC(=O)[O-].[Na+]. The third-order valence-corrected chi connectivity index (χ3v) is 0.941. The summed E-state index contributed by atoms with van der Waals surface area (Å²) in [5.41, 5.74) is -0.889. The average Bonchev–Trinajstić information content (AvgIpc) is 1.59. The molecule has 0 unspecified atom stereocenters. The van der Waals surface area contributed by atoms with Gasteiger partial charge in [0.25, 0.3) is 0 Å². The van der Waals surface area contributed by atoms with Crippen LogP contribution in [0.2, 0.25) is 0 Å². The van der Waals surface area contributed by atoms with E-state index in [0.717, 1.165) is 0 Å². The fraction of sp³-hybridized carbons (Fsp3) is 0.833. The van der Waals surface area contributed by atoms with E-state index in [-0.39, 0.29) is 42.4 Å². The van der Waals surface area contributed by atoms with Crippen LogP contribution in [0.15, 0.2) is 0 Å². The summed E-state index contributed by atoms with van der Waals surface area (Å²) in [5.74, 6) is -1.11. The zero-order valence-corrected chi connectivity index (χ0v) is 8.68. The first-order valence-electron chi connectivity index (χ1n) is 2.84. The number of carbonyl (C=O) groups excluding carboxylic acids is 1. The smallest absolute Gasteiger partial charge is 0.550 e. The van der Waals surface area contributed by atoms with E-state index in [4.69, 9.17) is 5.11 Å². The van der Waals surface area contributed by atoms with Gasteiger partial charge in [-0.3, -0.25) is 0 Å². The maximum absolute atomic E-state index is 9.82. The van der Waals surface area contributed by atoms with E-state index in [1.54, 1.807) is 13.8 Å². The molecule has 1 N–H and O–H groups in total. The topological polar surface area (TPSA) is 60.4 Å². The van der Waals surface area contributed by atoms with Crippen molar-refractivity contribution in [2.24, 2.45) is 0 Å². The summed E-state index contributed by atoms with van der Waals surface area (Å²) in [6.45, 7) is 3.13. The summed E-state index contributed by atoms with van der Waals surface area (Å²) in [6.07, 6.45) is 0.166. The molecule has 0 aromatic carbocycles. The monoisotopic (exact) mass is 154 g/mol. The van der Waals surface area contributed by atoms with Crippen LogP contribution in [-0.2, 0) is 4.79 Å². The van der Waals surface area contributed by atoms with Gasteiger partial charge in [0.15, 0.2) is 0 Å². The van der Waals surface area contributed by atoms with Gasteiger partial charge in [-0.15, -0.1) is 0 Å². The van der Waals surface area contributed by atoms with E-state index in [9.17, 15) is 9.90 Å². The molecule has 0 heterocycles. The molecule has 0 spiro atoms. The number of hydrogen-bond donors (Lipinski definition) is 1. The molecule has 0 aliphatic carbocycles. The molecule has 0 saturated carbocycles. The first kappa shape index (κ1) is 13.1. The first-order valence-corrected chi connectivity index (χ1v) is 2.84. The van der Waals surface area contributed by atoms with Crippen LogP contribution in [0.5, 0.6) is 0 Å². The van der Waals surface area contributed by atoms with Crippen molar-refractivity contribution in [3.8, 4) is 0 Å². The summed E-state index contributed by atoms with van der Waals surface area (Å²) in [4.78, 5) is 9.82. The third kappa shape index (κ3) is 11.3. The van der Waals surface area contributed by atoms with Gasteiger partial charge in [-0.25, -0.2) is 0 Å². The van der Waals surface area contributed by atoms with Crippen molar-refractivity contribution in [1.29, 1.82) is 0 Å². The summed E-state index contributed by atoms with van der Waals surface area (Å²) < 4.78 is 0. The van der Waals surface area contributed by atoms with Crippen LogP contribution >= 0.6 is 0 Å². The average molecular weight is 154 g/mol. The molecule has 0 aromatic heterocycles. The fourth-order valence-corrected chi connectivity index (χ4v) is 0.408. The largest absolute Gasteiger partial charge is 1.00 e. The molecular weight excluding hydrogens is 143 g/mol. The second kappa shape index (κ2) is 5.13. The Balaban J connectivity index is 0. The van der Waals surface area contributed by atoms with E-state index in [1.165, 1.54) is 0 Å². The third-order valence-electron chi connectivity index (χ3n) is 0.941. The van der Waals surface area contributed by atoms with Crippen LogP contribution in [0.1, 0.15) is 26.7 Å². The molecule has 0 saturated heterocycles. The van der Waals surface area contributed by atoms with E-state index in [0.29, 0.717) is 0 Å². The quantitative estimate of drug-likeness (QED) is 0.425. The van der Waals surface area contributed by atoms with Crippen LogP contribution in [0.3, 0.4) is 0 Å². The van der Waals surface area contributed by atoms with Gasteiger partial charge in [0.05, 0.1) is 5.60 Å². The zero-order chi connectivity index (χ0) is 7.49. The van der Waals surface area contributed by atoms with Gasteiger partial charge in [-0.2, -0.15) is 0 Å². The Hall–Kier alpha value is 0.430. The minimum atomic E-state index is -1.11.